The van der Waals surface area contributed by atoms with E-state index >= 15 is 0 Å². The maximum absolute atomic E-state index is 11.3. The molecule has 1 aromatic carbocycles. The smallest absolute Gasteiger partial charge is 0.241 e. The summed E-state index contributed by atoms with van der Waals surface area (Å²) < 4.78 is 10.3. The third-order valence-electron chi connectivity index (χ3n) is 2.05. The monoisotopic (exact) mass is 208 g/mol. The first kappa shape index (κ1) is 9.79. The van der Waals surface area contributed by atoms with E-state index in [1.165, 1.54) is 0 Å². The zero-order valence-corrected chi connectivity index (χ0v) is 8.32. The van der Waals surface area contributed by atoms with Gasteiger partial charge in [-0.3, -0.25) is 4.79 Å². The Hall–Kier alpha value is -1.75. The molecule has 1 aliphatic rings. The van der Waals surface area contributed by atoms with Gasteiger partial charge in [0.25, 0.3) is 0 Å². The molecule has 0 aliphatic carbocycles. The van der Waals surface area contributed by atoms with E-state index in [2.05, 4.69) is 5.32 Å². The van der Waals surface area contributed by atoms with Gasteiger partial charge in [0.2, 0.25) is 12.7 Å². The molecule has 80 valence electrons. The molecule has 1 aromatic rings. The third kappa shape index (κ3) is 2.02. The molecule has 0 bridgehead atoms. The van der Waals surface area contributed by atoms with Crippen molar-refractivity contribution in [1.29, 1.82) is 0 Å². The summed E-state index contributed by atoms with van der Waals surface area (Å²) in [5.74, 6) is 1.10. The minimum Gasteiger partial charge on any atom is -0.454 e. The zero-order chi connectivity index (χ0) is 10.8. The number of fused-ring (bicyclic) bond motifs is 1. The second kappa shape index (κ2) is 3.78. The number of anilines is 1. The summed E-state index contributed by atoms with van der Waals surface area (Å²) in [7, 11) is 0. The Kier molecular flexibility index (Phi) is 2.47. The molecule has 0 saturated carbocycles. The van der Waals surface area contributed by atoms with E-state index in [9.17, 15) is 4.79 Å². The number of carbonyl (C=O) groups is 1. The second-order valence-electron chi connectivity index (χ2n) is 3.35. The molecule has 3 N–H and O–H groups in total. The molecule has 1 amide bonds. The quantitative estimate of drug-likeness (QED) is 0.750. The topological polar surface area (TPSA) is 73.6 Å². The molecule has 1 heterocycles. The van der Waals surface area contributed by atoms with Gasteiger partial charge in [0, 0.05) is 11.8 Å². The van der Waals surface area contributed by atoms with Crippen molar-refractivity contribution >= 4 is 11.6 Å². The van der Waals surface area contributed by atoms with Crippen molar-refractivity contribution in [2.24, 2.45) is 5.73 Å². The molecule has 5 nitrogen and oxygen atoms in total. The maximum atomic E-state index is 11.3. The summed E-state index contributed by atoms with van der Waals surface area (Å²) >= 11 is 0. The van der Waals surface area contributed by atoms with Gasteiger partial charge in [-0.2, -0.15) is 0 Å². The summed E-state index contributed by atoms with van der Waals surface area (Å²) in [4.78, 5) is 11.3. The number of benzene rings is 1. The van der Waals surface area contributed by atoms with E-state index in [0.717, 1.165) is 0 Å². The Morgan fingerprint density at radius 3 is 2.93 bits per heavy atom. The predicted octanol–water partition coefficient (Wildman–Crippen LogP) is 0.701. The highest BCUT2D eigenvalue weighted by Gasteiger charge is 2.14. The first-order chi connectivity index (χ1) is 7.16. The van der Waals surface area contributed by atoms with Gasteiger partial charge < -0.3 is 20.5 Å². The molecule has 15 heavy (non-hydrogen) atoms. The lowest BCUT2D eigenvalue weighted by Crippen LogP contribution is -2.32. The SMILES string of the molecule is CC(N)C(=O)Nc1ccc2c(c1)OCO2. The van der Waals surface area contributed by atoms with Crippen molar-refractivity contribution in [1.82, 2.24) is 0 Å². The van der Waals surface area contributed by atoms with Crippen molar-refractivity contribution in [3.05, 3.63) is 18.2 Å². The average molecular weight is 208 g/mol. The van der Waals surface area contributed by atoms with Crippen LogP contribution in [0.2, 0.25) is 0 Å². The Morgan fingerprint density at radius 1 is 1.47 bits per heavy atom. The highest BCUT2D eigenvalue weighted by atomic mass is 16.7. The Balaban J connectivity index is 2.13. The summed E-state index contributed by atoms with van der Waals surface area (Å²) in [5, 5.41) is 2.67. The molecule has 1 unspecified atom stereocenters. The number of nitrogens with one attached hydrogen (secondary N) is 1. The third-order valence-corrected chi connectivity index (χ3v) is 2.05. The van der Waals surface area contributed by atoms with Crippen molar-refractivity contribution in [3.63, 3.8) is 0 Å². The van der Waals surface area contributed by atoms with Gasteiger partial charge >= 0.3 is 0 Å². The summed E-state index contributed by atoms with van der Waals surface area (Å²) in [6.45, 7) is 1.85. The van der Waals surface area contributed by atoms with E-state index in [1.807, 2.05) is 0 Å². The number of nitrogens with two attached hydrogens (primary N) is 1. The van der Waals surface area contributed by atoms with Gasteiger partial charge in [0.15, 0.2) is 11.5 Å². The van der Waals surface area contributed by atoms with Crippen LogP contribution in [-0.4, -0.2) is 18.7 Å². The average Bonchev–Trinajstić information content (AvgIpc) is 2.64. The normalized spacial score (nSPS) is 14.8. The lowest BCUT2D eigenvalue weighted by molar-refractivity contribution is -0.117. The Bertz CT molecular complexity index is 390. The Morgan fingerprint density at radius 2 is 2.20 bits per heavy atom. The van der Waals surface area contributed by atoms with E-state index in [0.29, 0.717) is 17.2 Å². The predicted molar refractivity (Wildman–Crippen MR) is 54.8 cm³/mol. The summed E-state index contributed by atoms with van der Waals surface area (Å²) in [6, 6.07) is 4.67. The largest absolute Gasteiger partial charge is 0.454 e. The molecule has 1 atom stereocenters. The first-order valence-corrected chi connectivity index (χ1v) is 4.63. The number of carbonyl (C=O) groups excluding carboxylic acids is 1. The van der Waals surface area contributed by atoms with Crippen molar-refractivity contribution in [3.8, 4) is 11.5 Å². The van der Waals surface area contributed by atoms with Crippen molar-refractivity contribution in [2.75, 3.05) is 12.1 Å². The van der Waals surface area contributed by atoms with E-state index < -0.39 is 6.04 Å². The van der Waals surface area contributed by atoms with Gasteiger partial charge in [-0.1, -0.05) is 0 Å². The molecular formula is C10H12N2O3. The van der Waals surface area contributed by atoms with Crippen LogP contribution >= 0.6 is 0 Å². The minimum absolute atomic E-state index is 0.222. The van der Waals surface area contributed by atoms with E-state index in [4.69, 9.17) is 15.2 Å². The summed E-state index contributed by atoms with van der Waals surface area (Å²) in [5.41, 5.74) is 6.08. The maximum Gasteiger partial charge on any atom is 0.241 e. The van der Waals surface area contributed by atoms with Crippen molar-refractivity contribution < 1.29 is 14.3 Å². The minimum atomic E-state index is -0.532. The lowest BCUT2D eigenvalue weighted by atomic mass is 10.2. The molecule has 0 aromatic heterocycles. The molecule has 0 saturated heterocycles. The molecule has 1 aliphatic heterocycles. The zero-order valence-electron chi connectivity index (χ0n) is 8.32. The molecule has 0 fully saturated rings. The number of hydrogen-bond donors (Lipinski definition) is 2. The van der Waals surface area contributed by atoms with E-state index in [-0.39, 0.29) is 12.7 Å². The molecule has 2 rings (SSSR count). The number of rotatable bonds is 2. The van der Waals surface area contributed by atoms with Gasteiger partial charge in [0.1, 0.15) is 0 Å². The standard InChI is InChI=1S/C10H12N2O3/c1-6(11)10(13)12-7-2-3-8-9(4-7)15-5-14-8/h2-4,6H,5,11H2,1H3,(H,12,13). The van der Waals surface area contributed by atoms with Gasteiger partial charge in [-0.15, -0.1) is 0 Å². The first-order valence-electron chi connectivity index (χ1n) is 4.63. The van der Waals surface area contributed by atoms with Gasteiger partial charge in [-0.25, -0.2) is 0 Å². The van der Waals surface area contributed by atoms with Gasteiger partial charge in [-0.05, 0) is 19.1 Å². The van der Waals surface area contributed by atoms with Crippen LogP contribution in [0.4, 0.5) is 5.69 Å². The van der Waals surface area contributed by atoms with Crippen LogP contribution in [0.5, 0.6) is 11.5 Å². The van der Waals surface area contributed by atoms with Crippen molar-refractivity contribution in [2.45, 2.75) is 13.0 Å². The number of ether oxygens (including phenoxy) is 2. The van der Waals surface area contributed by atoms with Crippen LogP contribution in [0.15, 0.2) is 18.2 Å². The fourth-order valence-electron chi connectivity index (χ4n) is 1.23. The van der Waals surface area contributed by atoms with Crippen LogP contribution in [0.1, 0.15) is 6.92 Å². The Labute approximate surface area is 87.2 Å². The fraction of sp³-hybridized carbons (Fsp3) is 0.300. The molecular weight excluding hydrogens is 196 g/mol. The highest BCUT2D eigenvalue weighted by molar-refractivity contribution is 5.94. The number of amides is 1. The van der Waals surface area contributed by atoms with Crippen LogP contribution < -0.4 is 20.5 Å². The molecule has 0 radical (unpaired) electrons. The van der Waals surface area contributed by atoms with Crippen LogP contribution in [0.3, 0.4) is 0 Å². The molecule has 5 heteroatoms. The van der Waals surface area contributed by atoms with Crippen LogP contribution in [-0.2, 0) is 4.79 Å². The number of hydrogen-bond acceptors (Lipinski definition) is 4. The van der Waals surface area contributed by atoms with Gasteiger partial charge in [0.05, 0.1) is 6.04 Å². The second-order valence-corrected chi connectivity index (χ2v) is 3.35. The summed E-state index contributed by atoms with van der Waals surface area (Å²) in [6.07, 6.45) is 0. The highest BCUT2D eigenvalue weighted by Crippen LogP contribution is 2.34. The fourth-order valence-corrected chi connectivity index (χ4v) is 1.23. The van der Waals surface area contributed by atoms with E-state index in [1.54, 1.807) is 25.1 Å². The lowest BCUT2D eigenvalue weighted by Gasteiger charge is -2.07. The van der Waals surface area contributed by atoms with Crippen LogP contribution in [0, 0.1) is 0 Å². The van der Waals surface area contributed by atoms with Crippen LogP contribution in [0.25, 0.3) is 0 Å². The molecule has 0 spiro atoms.